The molecule has 0 bridgehead atoms. The molecule has 0 radical (unpaired) electrons. The van der Waals surface area contributed by atoms with Gasteiger partial charge in [0.2, 0.25) is 0 Å². The highest BCUT2D eigenvalue weighted by Gasteiger charge is 2.56. The lowest BCUT2D eigenvalue weighted by Gasteiger charge is -2.58. The van der Waals surface area contributed by atoms with Gasteiger partial charge in [0.25, 0.3) is 0 Å². The maximum absolute atomic E-state index is 10.3. The Morgan fingerprint density at radius 2 is 1.83 bits per heavy atom. The predicted molar refractivity (Wildman–Crippen MR) is 49.0 cm³/mol. The van der Waals surface area contributed by atoms with Crippen molar-refractivity contribution in [2.45, 2.75) is 44.6 Å². The monoisotopic (exact) mass is 169 g/mol. The molecule has 70 valence electrons. The van der Waals surface area contributed by atoms with Crippen LogP contribution in [0, 0.1) is 5.41 Å². The van der Waals surface area contributed by atoms with Gasteiger partial charge in [-0.05, 0) is 45.2 Å². The van der Waals surface area contributed by atoms with Crippen LogP contribution in [-0.2, 0) is 0 Å². The van der Waals surface area contributed by atoms with E-state index in [-0.39, 0.29) is 5.60 Å². The fourth-order valence-corrected chi connectivity index (χ4v) is 2.94. The molecule has 0 aromatic heterocycles. The van der Waals surface area contributed by atoms with Gasteiger partial charge in [-0.15, -0.1) is 0 Å². The summed E-state index contributed by atoms with van der Waals surface area (Å²) in [5, 5.41) is 13.6. The standard InChI is InChI=1S/C10H19NO/c1-2-10(12)4-3-9(10)5-7-11-8-6-9/h11-12H,2-8H2,1H3. The topological polar surface area (TPSA) is 32.3 Å². The second-order valence-electron chi connectivity index (χ2n) is 4.42. The van der Waals surface area contributed by atoms with Gasteiger partial charge < -0.3 is 10.4 Å². The van der Waals surface area contributed by atoms with Crippen LogP contribution in [0.4, 0.5) is 0 Å². The lowest BCUT2D eigenvalue weighted by molar-refractivity contribution is -0.181. The van der Waals surface area contributed by atoms with Crippen molar-refractivity contribution in [3.8, 4) is 0 Å². The van der Waals surface area contributed by atoms with Crippen molar-refractivity contribution < 1.29 is 5.11 Å². The van der Waals surface area contributed by atoms with Crippen molar-refractivity contribution in [2.24, 2.45) is 5.41 Å². The number of hydrogen-bond acceptors (Lipinski definition) is 2. The first kappa shape index (κ1) is 8.52. The Kier molecular flexibility index (Phi) is 1.92. The van der Waals surface area contributed by atoms with Gasteiger partial charge in [0.1, 0.15) is 0 Å². The fourth-order valence-electron chi connectivity index (χ4n) is 2.94. The van der Waals surface area contributed by atoms with Crippen LogP contribution in [0.5, 0.6) is 0 Å². The van der Waals surface area contributed by atoms with Crippen LogP contribution in [0.3, 0.4) is 0 Å². The van der Waals surface area contributed by atoms with Gasteiger partial charge in [-0.1, -0.05) is 6.92 Å². The molecular weight excluding hydrogens is 150 g/mol. The van der Waals surface area contributed by atoms with Gasteiger partial charge in [0.15, 0.2) is 0 Å². The number of hydrogen-bond donors (Lipinski definition) is 2. The maximum atomic E-state index is 10.3. The summed E-state index contributed by atoms with van der Waals surface area (Å²) in [4.78, 5) is 0. The largest absolute Gasteiger partial charge is 0.389 e. The first-order valence-electron chi connectivity index (χ1n) is 5.16. The van der Waals surface area contributed by atoms with E-state index in [9.17, 15) is 5.11 Å². The molecule has 2 nitrogen and oxygen atoms in total. The van der Waals surface area contributed by atoms with Crippen molar-refractivity contribution in [3.05, 3.63) is 0 Å². The summed E-state index contributed by atoms with van der Waals surface area (Å²) in [6, 6.07) is 0. The van der Waals surface area contributed by atoms with Gasteiger partial charge in [-0.3, -0.25) is 0 Å². The number of nitrogens with one attached hydrogen (secondary N) is 1. The summed E-state index contributed by atoms with van der Waals surface area (Å²) in [5.74, 6) is 0. The minimum Gasteiger partial charge on any atom is -0.389 e. The maximum Gasteiger partial charge on any atom is 0.0702 e. The molecule has 1 aliphatic carbocycles. The summed E-state index contributed by atoms with van der Waals surface area (Å²) in [7, 11) is 0. The molecule has 1 atom stereocenters. The Hall–Kier alpha value is -0.0800. The summed E-state index contributed by atoms with van der Waals surface area (Å²) in [6.07, 6.45) is 5.57. The third kappa shape index (κ3) is 0.944. The van der Waals surface area contributed by atoms with Crippen LogP contribution in [-0.4, -0.2) is 23.8 Å². The highest BCUT2D eigenvalue weighted by molar-refractivity contribution is 5.08. The number of piperidine rings is 1. The van der Waals surface area contributed by atoms with Crippen LogP contribution in [0.25, 0.3) is 0 Å². The van der Waals surface area contributed by atoms with E-state index in [1.807, 2.05) is 0 Å². The van der Waals surface area contributed by atoms with E-state index in [1.165, 1.54) is 19.3 Å². The van der Waals surface area contributed by atoms with Crippen molar-refractivity contribution >= 4 is 0 Å². The van der Waals surface area contributed by atoms with Gasteiger partial charge in [-0.25, -0.2) is 0 Å². The predicted octanol–water partition coefficient (Wildman–Crippen LogP) is 1.29. The molecule has 2 rings (SSSR count). The minimum absolute atomic E-state index is 0.299. The van der Waals surface area contributed by atoms with Gasteiger partial charge in [-0.2, -0.15) is 0 Å². The molecule has 1 spiro atoms. The molecule has 1 saturated carbocycles. The van der Waals surface area contributed by atoms with E-state index in [2.05, 4.69) is 12.2 Å². The Labute approximate surface area is 74.4 Å². The third-order valence-electron chi connectivity index (χ3n) is 4.15. The molecule has 1 aliphatic heterocycles. The molecule has 1 heterocycles. The molecule has 0 amide bonds. The Morgan fingerprint density at radius 1 is 1.17 bits per heavy atom. The minimum atomic E-state index is -0.310. The lowest BCUT2D eigenvalue weighted by atomic mass is 9.52. The first-order chi connectivity index (χ1) is 5.72. The molecule has 2 N–H and O–H groups in total. The Bertz CT molecular complexity index is 171. The van der Waals surface area contributed by atoms with E-state index in [0.717, 1.165) is 25.9 Å². The summed E-state index contributed by atoms with van der Waals surface area (Å²) >= 11 is 0. The highest BCUT2D eigenvalue weighted by atomic mass is 16.3. The Morgan fingerprint density at radius 3 is 2.25 bits per heavy atom. The fraction of sp³-hybridized carbons (Fsp3) is 1.00. The SMILES string of the molecule is CCC1(O)CCC12CCNCC2. The first-order valence-corrected chi connectivity index (χ1v) is 5.16. The van der Waals surface area contributed by atoms with Crippen LogP contribution in [0.2, 0.25) is 0 Å². The average Bonchev–Trinajstić information content (AvgIpc) is 2.16. The quantitative estimate of drug-likeness (QED) is 0.620. The van der Waals surface area contributed by atoms with Crippen LogP contribution >= 0.6 is 0 Å². The van der Waals surface area contributed by atoms with Crippen molar-refractivity contribution in [1.82, 2.24) is 5.32 Å². The van der Waals surface area contributed by atoms with E-state index >= 15 is 0 Å². The van der Waals surface area contributed by atoms with Crippen molar-refractivity contribution in [3.63, 3.8) is 0 Å². The molecule has 2 aliphatic rings. The van der Waals surface area contributed by atoms with E-state index in [0.29, 0.717) is 5.41 Å². The Balaban J connectivity index is 2.09. The number of rotatable bonds is 1. The molecule has 1 saturated heterocycles. The van der Waals surface area contributed by atoms with Gasteiger partial charge in [0.05, 0.1) is 5.60 Å². The van der Waals surface area contributed by atoms with E-state index in [1.54, 1.807) is 0 Å². The zero-order valence-corrected chi connectivity index (χ0v) is 7.90. The molecular formula is C10H19NO. The molecule has 0 aromatic carbocycles. The summed E-state index contributed by atoms with van der Waals surface area (Å²) in [5.41, 5.74) is -0.0118. The second kappa shape index (κ2) is 2.71. The normalized spacial score (nSPS) is 39.5. The zero-order valence-electron chi connectivity index (χ0n) is 7.90. The van der Waals surface area contributed by atoms with Crippen molar-refractivity contribution in [2.75, 3.05) is 13.1 Å². The molecule has 12 heavy (non-hydrogen) atoms. The summed E-state index contributed by atoms with van der Waals surface area (Å²) < 4.78 is 0. The van der Waals surface area contributed by atoms with E-state index < -0.39 is 0 Å². The lowest BCUT2D eigenvalue weighted by Crippen LogP contribution is -2.60. The molecule has 2 heteroatoms. The van der Waals surface area contributed by atoms with Crippen LogP contribution in [0.1, 0.15) is 39.0 Å². The number of aliphatic hydroxyl groups is 1. The molecule has 2 fully saturated rings. The van der Waals surface area contributed by atoms with Crippen LogP contribution in [0.15, 0.2) is 0 Å². The third-order valence-corrected chi connectivity index (χ3v) is 4.15. The zero-order chi connectivity index (χ0) is 8.66. The second-order valence-corrected chi connectivity index (χ2v) is 4.42. The molecule has 0 aromatic rings. The van der Waals surface area contributed by atoms with Gasteiger partial charge >= 0.3 is 0 Å². The average molecular weight is 169 g/mol. The van der Waals surface area contributed by atoms with Gasteiger partial charge in [0, 0.05) is 5.41 Å². The molecule has 1 unspecified atom stereocenters. The summed E-state index contributed by atoms with van der Waals surface area (Å²) in [6.45, 7) is 4.31. The van der Waals surface area contributed by atoms with Crippen LogP contribution < -0.4 is 5.32 Å². The van der Waals surface area contributed by atoms with E-state index in [4.69, 9.17) is 0 Å². The highest BCUT2D eigenvalue weighted by Crippen LogP contribution is 2.56. The smallest absolute Gasteiger partial charge is 0.0702 e. The van der Waals surface area contributed by atoms with Crippen molar-refractivity contribution in [1.29, 1.82) is 0 Å².